The van der Waals surface area contributed by atoms with Crippen molar-refractivity contribution in [2.75, 3.05) is 13.1 Å². The van der Waals surface area contributed by atoms with E-state index in [1.807, 2.05) is 0 Å². The number of rotatable bonds is 5. The first-order valence-corrected chi connectivity index (χ1v) is 4.97. The molecule has 0 heterocycles. The fourth-order valence-corrected chi connectivity index (χ4v) is 0.744. The Balaban J connectivity index is 4.00. The van der Waals surface area contributed by atoms with Gasteiger partial charge in [-0.05, 0) is 11.3 Å². The average Bonchev–Trinajstić information content (AvgIpc) is 2.12. The maximum absolute atomic E-state index is 11.2. The van der Waals surface area contributed by atoms with E-state index in [9.17, 15) is 4.79 Å². The van der Waals surface area contributed by atoms with Crippen molar-refractivity contribution in [3.8, 4) is 0 Å². The summed E-state index contributed by atoms with van der Waals surface area (Å²) in [6, 6.07) is 0. The molecule has 14 heavy (non-hydrogen) atoms. The topological polar surface area (TPSA) is 75.3 Å². The molecule has 4 heteroatoms. The van der Waals surface area contributed by atoms with Gasteiger partial charge in [0.2, 0.25) is 5.91 Å². The van der Waals surface area contributed by atoms with Gasteiger partial charge >= 0.3 is 0 Å². The van der Waals surface area contributed by atoms with Crippen LogP contribution in [0.25, 0.3) is 0 Å². The van der Waals surface area contributed by atoms with Gasteiger partial charge in [0.25, 0.3) is 0 Å². The van der Waals surface area contributed by atoms with E-state index in [2.05, 4.69) is 33.0 Å². The summed E-state index contributed by atoms with van der Waals surface area (Å²) >= 11 is 0. The number of aliphatic hydroxyl groups excluding tert-OH is 1. The van der Waals surface area contributed by atoms with Crippen LogP contribution >= 0.6 is 0 Å². The second kappa shape index (κ2) is 5.32. The van der Waals surface area contributed by atoms with Gasteiger partial charge in [-0.25, -0.2) is 0 Å². The Labute approximate surface area is 85.9 Å². The van der Waals surface area contributed by atoms with Crippen molar-refractivity contribution in [1.29, 1.82) is 0 Å². The molecule has 0 aromatic rings. The van der Waals surface area contributed by atoms with E-state index in [-0.39, 0.29) is 17.9 Å². The second-order valence-electron chi connectivity index (χ2n) is 4.61. The number of carbonyl (C=O) groups excluding carboxylic acids is 1. The van der Waals surface area contributed by atoms with Crippen LogP contribution < -0.4 is 11.1 Å². The molecule has 0 fully saturated rings. The zero-order valence-electron chi connectivity index (χ0n) is 9.50. The molecule has 84 valence electrons. The van der Waals surface area contributed by atoms with Crippen molar-refractivity contribution >= 4 is 5.91 Å². The Kier molecular flexibility index (Phi) is 5.08. The lowest BCUT2D eigenvalue weighted by Gasteiger charge is -2.29. The standard InChI is InChI=1S/C10H22N2O2/c1-7(2)10(3,4)6-12-9(14)8(13)5-11/h7-8,13H,5-6,11H2,1-4H3,(H,12,14). The van der Waals surface area contributed by atoms with Crippen LogP contribution in [0.4, 0.5) is 0 Å². The molecule has 0 aromatic heterocycles. The van der Waals surface area contributed by atoms with Gasteiger partial charge in [-0.3, -0.25) is 4.79 Å². The normalized spacial score (nSPS) is 14.2. The molecule has 1 amide bonds. The summed E-state index contributed by atoms with van der Waals surface area (Å²) in [4.78, 5) is 11.2. The SMILES string of the molecule is CC(C)C(C)(C)CNC(=O)C(O)CN. The van der Waals surface area contributed by atoms with Crippen molar-refractivity contribution in [1.82, 2.24) is 5.32 Å². The Morgan fingerprint density at radius 1 is 1.50 bits per heavy atom. The molecule has 1 atom stereocenters. The predicted molar refractivity (Wildman–Crippen MR) is 56.7 cm³/mol. The Bertz CT molecular complexity index is 191. The van der Waals surface area contributed by atoms with Crippen molar-refractivity contribution in [3.05, 3.63) is 0 Å². The van der Waals surface area contributed by atoms with Crippen LogP contribution in [-0.2, 0) is 4.79 Å². The Hall–Kier alpha value is -0.610. The van der Waals surface area contributed by atoms with E-state index in [1.165, 1.54) is 0 Å². The maximum atomic E-state index is 11.2. The first kappa shape index (κ1) is 13.4. The minimum absolute atomic E-state index is 0.0317. The zero-order chi connectivity index (χ0) is 11.4. The molecule has 0 bridgehead atoms. The first-order valence-electron chi connectivity index (χ1n) is 4.97. The molecule has 4 N–H and O–H groups in total. The number of hydrogen-bond acceptors (Lipinski definition) is 3. The van der Waals surface area contributed by atoms with Gasteiger partial charge in [0.15, 0.2) is 0 Å². The van der Waals surface area contributed by atoms with E-state index in [4.69, 9.17) is 10.8 Å². The van der Waals surface area contributed by atoms with Gasteiger partial charge < -0.3 is 16.2 Å². The number of amides is 1. The molecule has 0 aliphatic rings. The van der Waals surface area contributed by atoms with E-state index < -0.39 is 6.10 Å². The molecule has 0 saturated heterocycles. The third-order valence-electron chi connectivity index (χ3n) is 2.81. The Morgan fingerprint density at radius 2 is 2.00 bits per heavy atom. The fraction of sp³-hybridized carbons (Fsp3) is 0.900. The molecule has 0 aromatic carbocycles. The van der Waals surface area contributed by atoms with Gasteiger partial charge in [0, 0.05) is 13.1 Å². The van der Waals surface area contributed by atoms with Crippen LogP contribution in [0.15, 0.2) is 0 Å². The molecule has 0 aliphatic carbocycles. The predicted octanol–water partition coefficient (Wildman–Crippen LogP) is 0.104. The van der Waals surface area contributed by atoms with Crippen LogP contribution in [-0.4, -0.2) is 30.2 Å². The van der Waals surface area contributed by atoms with E-state index in [0.29, 0.717) is 12.5 Å². The summed E-state index contributed by atoms with van der Waals surface area (Å²) in [5.41, 5.74) is 5.19. The minimum Gasteiger partial charge on any atom is -0.382 e. The largest absolute Gasteiger partial charge is 0.382 e. The zero-order valence-corrected chi connectivity index (χ0v) is 9.50. The maximum Gasteiger partial charge on any atom is 0.250 e. The summed E-state index contributed by atoms with van der Waals surface area (Å²) in [5.74, 6) is 0.0824. The lowest BCUT2D eigenvalue weighted by molar-refractivity contribution is -0.129. The second-order valence-corrected chi connectivity index (χ2v) is 4.61. The van der Waals surface area contributed by atoms with Gasteiger partial charge in [-0.1, -0.05) is 27.7 Å². The third kappa shape index (κ3) is 4.07. The molecule has 0 saturated carbocycles. The number of carbonyl (C=O) groups is 1. The minimum atomic E-state index is -1.09. The van der Waals surface area contributed by atoms with Gasteiger partial charge in [-0.2, -0.15) is 0 Å². The summed E-state index contributed by atoms with van der Waals surface area (Å²) in [5, 5.41) is 11.8. The monoisotopic (exact) mass is 202 g/mol. The number of nitrogens with one attached hydrogen (secondary N) is 1. The van der Waals surface area contributed by atoms with Crippen molar-refractivity contribution in [2.45, 2.75) is 33.8 Å². The summed E-state index contributed by atoms with van der Waals surface area (Å²) in [7, 11) is 0. The van der Waals surface area contributed by atoms with Gasteiger partial charge in [-0.15, -0.1) is 0 Å². The summed E-state index contributed by atoms with van der Waals surface area (Å²) in [6.07, 6.45) is -1.09. The molecular formula is C10H22N2O2. The van der Waals surface area contributed by atoms with Crippen LogP contribution in [0.1, 0.15) is 27.7 Å². The van der Waals surface area contributed by atoms with E-state index >= 15 is 0 Å². The highest BCUT2D eigenvalue weighted by atomic mass is 16.3. The summed E-state index contributed by atoms with van der Waals surface area (Å²) in [6.45, 7) is 8.88. The number of hydrogen-bond donors (Lipinski definition) is 3. The number of aliphatic hydroxyl groups is 1. The van der Waals surface area contributed by atoms with Crippen LogP contribution in [0.5, 0.6) is 0 Å². The lowest BCUT2D eigenvalue weighted by Crippen LogP contribution is -2.44. The van der Waals surface area contributed by atoms with Crippen LogP contribution in [0.3, 0.4) is 0 Å². The van der Waals surface area contributed by atoms with Gasteiger partial charge in [0.1, 0.15) is 6.10 Å². The first-order chi connectivity index (χ1) is 6.31. The molecule has 0 aliphatic heterocycles. The smallest absolute Gasteiger partial charge is 0.250 e. The van der Waals surface area contributed by atoms with Crippen LogP contribution in [0, 0.1) is 11.3 Å². The quantitative estimate of drug-likeness (QED) is 0.592. The average molecular weight is 202 g/mol. The highest BCUT2D eigenvalue weighted by Crippen LogP contribution is 2.24. The van der Waals surface area contributed by atoms with Crippen molar-refractivity contribution < 1.29 is 9.90 Å². The molecule has 0 radical (unpaired) electrons. The lowest BCUT2D eigenvalue weighted by atomic mass is 9.81. The van der Waals surface area contributed by atoms with E-state index in [1.54, 1.807) is 0 Å². The molecule has 1 unspecified atom stereocenters. The molecule has 4 nitrogen and oxygen atoms in total. The molecule has 0 spiro atoms. The highest BCUT2D eigenvalue weighted by Gasteiger charge is 2.24. The van der Waals surface area contributed by atoms with Crippen LogP contribution in [0.2, 0.25) is 0 Å². The van der Waals surface area contributed by atoms with Crippen molar-refractivity contribution in [3.63, 3.8) is 0 Å². The third-order valence-corrected chi connectivity index (χ3v) is 2.81. The highest BCUT2D eigenvalue weighted by molar-refractivity contribution is 5.80. The molecular weight excluding hydrogens is 180 g/mol. The molecule has 0 rings (SSSR count). The van der Waals surface area contributed by atoms with Gasteiger partial charge in [0.05, 0.1) is 0 Å². The Morgan fingerprint density at radius 3 is 2.36 bits per heavy atom. The number of nitrogens with two attached hydrogens (primary N) is 1. The van der Waals surface area contributed by atoms with E-state index in [0.717, 1.165) is 0 Å². The fourth-order valence-electron chi connectivity index (χ4n) is 0.744. The van der Waals surface area contributed by atoms with Crippen molar-refractivity contribution in [2.24, 2.45) is 17.1 Å². The summed E-state index contributed by atoms with van der Waals surface area (Å²) < 4.78 is 0.